The van der Waals surface area contributed by atoms with Gasteiger partial charge in [0.25, 0.3) is 0 Å². The van der Waals surface area contributed by atoms with Crippen LogP contribution in [0.1, 0.15) is 110 Å². The fourth-order valence-electron chi connectivity index (χ4n) is 2.61. The number of rotatable bonds is 15. The zero-order valence-electron chi connectivity index (χ0n) is 14.9. The van der Waals surface area contributed by atoms with E-state index >= 15 is 0 Å². The molecule has 0 heterocycles. The molecule has 0 aromatic heterocycles. The Labute approximate surface area is 137 Å². The van der Waals surface area contributed by atoms with E-state index in [-0.39, 0.29) is 11.8 Å². The van der Waals surface area contributed by atoms with Crippen molar-refractivity contribution in [3.05, 3.63) is 0 Å². The molecule has 0 atom stereocenters. The van der Waals surface area contributed by atoms with Gasteiger partial charge < -0.3 is 0 Å². The van der Waals surface area contributed by atoms with Crippen molar-refractivity contribution >= 4 is 11.8 Å². The van der Waals surface area contributed by atoms with Gasteiger partial charge in [-0.1, -0.05) is 90.9 Å². The first-order chi connectivity index (χ1) is 10.7. The van der Waals surface area contributed by atoms with Crippen LogP contribution in [-0.4, -0.2) is 11.8 Å². The first-order valence-electron chi connectivity index (χ1n) is 9.53. The normalized spacial score (nSPS) is 10.6. The van der Waals surface area contributed by atoms with Crippen LogP contribution in [0.4, 0.5) is 0 Å². The number of carbonyl (C=O) groups excluding carboxylic acids is 2. The van der Waals surface area contributed by atoms with Crippen LogP contribution in [0.25, 0.3) is 0 Å². The minimum absolute atomic E-state index is 0.116. The standard InChI is InChI=1S/C19H37NO2/c1-3-5-6-7-8-9-10-11-12-13-14-15-16-17-19(22)20-18(21)4-2/h3-17H2,1-2H3,(H,20,21,22). The third kappa shape index (κ3) is 15.5. The summed E-state index contributed by atoms with van der Waals surface area (Å²) < 4.78 is 0. The molecule has 0 aliphatic rings. The number of hydrogen-bond acceptors (Lipinski definition) is 2. The summed E-state index contributed by atoms with van der Waals surface area (Å²) in [7, 11) is 0. The molecule has 0 bridgehead atoms. The number of hydrogen-bond donors (Lipinski definition) is 1. The Bertz CT molecular complexity index is 277. The second kappa shape index (κ2) is 16.5. The van der Waals surface area contributed by atoms with Gasteiger partial charge in [0.2, 0.25) is 11.8 Å². The highest BCUT2D eigenvalue weighted by molar-refractivity contribution is 5.94. The van der Waals surface area contributed by atoms with Gasteiger partial charge >= 0.3 is 0 Å². The number of carbonyl (C=O) groups is 2. The van der Waals surface area contributed by atoms with Crippen LogP contribution in [-0.2, 0) is 9.59 Å². The topological polar surface area (TPSA) is 46.2 Å². The molecule has 22 heavy (non-hydrogen) atoms. The van der Waals surface area contributed by atoms with Gasteiger partial charge in [-0.05, 0) is 6.42 Å². The van der Waals surface area contributed by atoms with Gasteiger partial charge in [0, 0.05) is 12.8 Å². The monoisotopic (exact) mass is 311 g/mol. The molecule has 0 saturated heterocycles. The first kappa shape index (κ1) is 21.1. The van der Waals surface area contributed by atoms with Gasteiger partial charge in [-0.15, -0.1) is 0 Å². The van der Waals surface area contributed by atoms with Crippen LogP contribution in [0.15, 0.2) is 0 Å². The average molecular weight is 312 g/mol. The lowest BCUT2D eigenvalue weighted by Gasteiger charge is -2.04. The van der Waals surface area contributed by atoms with E-state index in [2.05, 4.69) is 12.2 Å². The summed E-state index contributed by atoms with van der Waals surface area (Å²) in [6.07, 6.45) is 17.8. The van der Waals surface area contributed by atoms with Crippen LogP contribution in [0, 0.1) is 0 Å². The van der Waals surface area contributed by atoms with E-state index in [9.17, 15) is 9.59 Å². The third-order valence-electron chi connectivity index (χ3n) is 4.11. The van der Waals surface area contributed by atoms with Gasteiger partial charge in [-0.3, -0.25) is 14.9 Å². The summed E-state index contributed by atoms with van der Waals surface area (Å²) in [5.41, 5.74) is 0. The van der Waals surface area contributed by atoms with Gasteiger partial charge in [-0.2, -0.15) is 0 Å². The molecule has 0 saturated carbocycles. The predicted octanol–water partition coefficient (Wildman–Crippen LogP) is 5.52. The van der Waals surface area contributed by atoms with Gasteiger partial charge in [-0.25, -0.2) is 0 Å². The van der Waals surface area contributed by atoms with Crippen molar-refractivity contribution in [2.24, 2.45) is 0 Å². The molecule has 0 radical (unpaired) electrons. The molecule has 0 aliphatic carbocycles. The molecule has 0 aromatic rings. The molecular formula is C19H37NO2. The van der Waals surface area contributed by atoms with E-state index in [1.54, 1.807) is 6.92 Å². The van der Waals surface area contributed by atoms with Crippen LogP contribution in [0.3, 0.4) is 0 Å². The fraction of sp³-hybridized carbons (Fsp3) is 0.895. The molecule has 0 aromatic carbocycles. The van der Waals surface area contributed by atoms with Crippen LogP contribution in [0.2, 0.25) is 0 Å². The predicted molar refractivity (Wildman–Crippen MR) is 93.8 cm³/mol. The summed E-state index contributed by atoms with van der Waals surface area (Å²) in [5.74, 6) is -0.283. The van der Waals surface area contributed by atoms with E-state index < -0.39 is 0 Å². The Morgan fingerprint density at radius 3 is 1.41 bits per heavy atom. The van der Waals surface area contributed by atoms with Crippen LogP contribution < -0.4 is 5.32 Å². The minimum atomic E-state index is -0.167. The fourth-order valence-corrected chi connectivity index (χ4v) is 2.61. The molecule has 0 aliphatic heterocycles. The van der Waals surface area contributed by atoms with Crippen LogP contribution in [0.5, 0.6) is 0 Å². The van der Waals surface area contributed by atoms with E-state index in [4.69, 9.17) is 0 Å². The summed E-state index contributed by atoms with van der Waals surface area (Å²) in [5, 5.41) is 2.40. The molecule has 130 valence electrons. The van der Waals surface area contributed by atoms with Crippen LogP contribution >= 0.6 is 0 Å². The molecule has 1 N–H and O–H groups in total. The maximum Gasteiger partial charge on any atom is 0.226 e. The number of nitrogens with one attached hydrogen (secondary N) is 1. The zero-order chi connectivity index (χ0) is 16.5. The summed E-state index contributed by atoms with van der Waals surface area (Å²) in [6, 6.07) is 0. The molecule has 0 unspecified atom stereocenters. The minimum Gasteiger partial charge on any atom is -0.296 e. The summed E-state index contributed by atoms with van der Waals surface area (Å²) in [6.45, 7) is 4.02. The highest BCUT2D eigenvalue weighted by Crippen LogP contribution is 2.12. The molecule has 2 amide bonds. The maximum atomic E-state index is 11.4. The molecule has 0 fully saturated rings. The Kier molecular flexibility index (Phi) is 15.9. The first-order valence-corrected chi connectivity index (χ1v) is 9.53. The van der Waals surface area contributed by atoms with Crippen molar-refractivity contribution in [3.8, 4) is 0 Å². The lowest BCUT2D eigenvalue weighted by Crippen LogP contribution is -2.29. The van der Waals surface area contributed by atoms with Crippen molar-refractivity contribution in [3.63, 3.8) is 0 Å². The maximum absolute atomic E-state index is 11.4. The van der Waals surface area contributed by atoms with Gasteiger partial charge in [0.15, 0.2) is 0 Å². The largest absolute Gasteiger partial charge is 0.296 e. The Morgan fingerprint density at radius 2 is 1.00 bits per heavy atom. The number of unbranched alkanes of at least 4 members (excludes halogenated alkanes) is 12. The Balaban J connectivity index is 3.14. The van der Waals surface area contributed by atoms with E-state index in [1.807, 2.05) is 0 Å². The Morgan fingerprint density at radius 1 is 0.591 bits per heavy atom. The van der Waals surface area contributed by atoms with Crippen molar-refractivity contribution in [2.75, 3.05) is 0 Å². The van der Waals surface area contributed by atoms with Gasteiger partial charge in [0.05, 0.1) is 0 Å². The third-order valence-corrected chi connectivity index (χ3v) is 4.11. The lowest BCUT2D eigenvalue weighted by molar-refractivity contribution is -0.130. The molecule has 3 heteroatoms. The zero-order valence-corrected chi connectivity index (χ0v) is 14.9. The van der Waals surface area contributed by atoms with E-state index in [0.717, 1.165) is 12.8 Å². The number of imide groups is 1. The smallest absolute Gasteiger partial charge is 0.226 e. The summed E-state index contributed by atoms with van der Waals surface area (Å²) >= 11 is 0. The highest BCUT2D eigenvalue weighted by Gasteiger charge is 2.04. The highest BCUT2D eigenvalue weighted by atomic mass is 16.2. The second-order valence-electron chi connectivity index (χ2n) is 6.32. The molecule has 0 spiro atoms. The van der Waals surface area contributed by atoms with E-state index in [0.29, 0.717) is 12.8 Å². The van der Waals surface area contributed by atoms with Crippen molar-refractivity contribution in [1.82, 2.24) is 5.32 Å². The second-order valence-corrected chi connectivity index (χ2v) is 6.32. The summed E-state index contributed by atoms with van der Waals surface area (Å²) in [4.78, 5) is 22.4. The van der Waals surface area contributed by atoms with Crippen molar-refractivity contribution < 1.29 is 9.59 Å². The molecule has 0 rings (SSSR count). The van der Waals surface area contributed by atoms with Crippen molar-refractivity contribution in [1.29, 1.82) is 0 Å². The van der Waals surface area contributed by atoms with Crippen molar-refractivity contribution in [2.45, 2.75) is 110 Å². The SMILES string of the molecule is CCCCCCCCCCCCCCCC(=O)NC(=O)CC. The van der Waals surface area contributed by atoms with Gasteiger partial charge in [0.1, 0.15) is 0 Å². The average Bonchev–Trinajstić information content (AvgIpc) is 2.51. The Hall–Kier alpha value is -0.860. The number of amides is 2. The van der Waals surface area contributed by atoms with E-state index in [1.165, 1.54) is 70.6 Å². The molecular weight excluding hydrogens is 274 g/mol. The lowest BCUT2D eigenvalue weighted by atomic mass is 10.0. The quantitative estimate of drug-likeness (QED) is 0.405. The molecule has 3 nitrogen and oxygen atoms in total.